The fourth-order valence-corrected chi connectivity index (χ4v) is 2.20. The Morgan fingerprint density at radius 3 is 2.70 bits per heavy atom. The normalized spacial score (nSPS) is 12.0. The lowest BCUT2D eigenvalue weighted by Crippen LogP contribution is -2.25. The van der Waals surface area contributed by atoms with Crippen LogP contribution >= 0.6 is 11.3 Å². The predicted octanol–water partition coefficient (Wildman–Crippen LogP) is 3.28. The molecular formula is C15H11FN2OS. The molecule has 0 saturated heterocycles. The van der Waals surface area contributed by atoms with Gasteiger partial charge >= 0.3 is 0 Å². The Kier molecular flexibility index (Phi) is 4.64. The van der Waals surface area contributed by atoms with E-state index in [2.05, 4.69) is 5.32 Å². The van der Waals surface area contributed by atoms with Crippen LogP contribution in [0.15, 0.2) is 47.9 Å². The van der Waals surface area contributed by atoms with Crippen LogP contribution in [-0.2, 0) is 4.79 Å². The Hall–Kier alpha value is -2.45. The van der Waals surface area contributed by atoms with E-state index in [1.165, 1.54) is 41.7 Å². The molecule has 5 heteroatoms. The number of nitrogens with one attached hydrogen (secondary N) is 1. The topological polar surface area (TPSA) is 52.9 Å². The van der Waals surface area contributed by atoms with Crippen LogP contribution in [-0.4, -0.2) is 5.91 Å². The van der Waals surface area contributed by atoms with E-state index < -0.39 is 6.04 Å². The molecule has 2 aromatic rings. The third-order valence-electron chi connectivity index (χ3n) is 2.56. The Labute approximate surface area is 120 Å². The van der Waals surface area contributed by atoms with E-state index in [9.17, 15) is 9.18 Å². The molecule has 20 heavy (non-hydrogen) atoms. The average Bonchev–Trinajstić information content (AvgIpc) is 2.97. The van der Waals surface area contributed by atoms with Crippen molar-refractivity contribution in [3.63, 3.8) is 0 Å². The van der Waals surface area contributed by atoms with Crippen molar-refractivity contribution in [2.45, 2.75) is 6.04 Å². The van der Waals surface area contributed by atoms with E-state index in [0.717, 1.165) is 4.88 Å². The monoisotopic (exact) mass is 286 g/mol. The van der Waals surface area contributed by atoms with E-state index in [1.54, 1.807) is 6.08 Å². The van der Waals surface area contributed by atoms with Crippen LogP contribution < -0.4 is 5.32 Å². The third-order valence-corrected chi connectivity index (χ3v) is 3.40. The summed E-state index contributed by atoms with van der Waals surface area (Å²) in [5.41, 5.74) is 0.548. The highest BCUT2D eigenvalue weighted by Crippen LogP contribution is 2.13. The Morgan fingerprint density at radius 2 is 2.10 bits per heavy atom. The van der Waals surface area contributed by atoms with Gasteiger partial charge in [-0.05, 0) is 35.2 Å². The van der Waals surface area contributed by atoms with Crippen LogP contribution in [0.2, 0.25) is 0 Å². The SMILES string of the molecule is N#C[C@@H](NC(=O)/C=C/c1cccs1)c1ccc(F)cc1. The molecular weight excluding hydrogens is 275 g/mol. The van der Waals surface area contributed by atoms with Crippen LogP contribution in [0.4, 0.5) is 4.39 Å². The molecule has 0 radical (unpaired) electrons. The smallest absolute Gasteiger partial charge is 0.245 e. The van der Waals surface area contributed by atoms with E-state index in [-0.39, 0.29) is 11.7 Å². The van der Waals surface area contributed by atoms with Gasteiger partial charge in [0, 0.05) is 11.0 Å². The lowest BCUT2D eigenvalue weighted by atomic mass is 10.1. The van der Waals surface area contributed by atoms with Gasteiger partial charge in [-0.2, -0.15) is 5.26 Å². The number of carbonyl (C=O) groups excluding carboxylic acids is 1. The molecule has 1 aromatic carbocycles. The number of amides is 1. The van der Waals surface area contributed by atoms with Crippen molar-refractivity contribution in [1.82, 2.24) is 5.32 Å². The molecule has 0 aliphatic carbocycles. The molecule has 1 N–H and O–H groups in total. The summed E-state index contributed by atoms with van der Waals surface area (Å²) in [5, 5.41) is 13.5. The molecule has 0 spiro atoms. The molecule has 0 aliphatic rings. The van der Waals surface area contributed by atoms with Gasteiger partial charge in [0.15, 0.2) is 0 Å². The number of hydrogen-bond acceptors (Lipinski definition) is 3. The van der Waals surface area contributed by atoms with Gasteiger partial charge in [-0.25, -0.2) is 4.39 Å². The number of nitrogens with zero attached hydrogens (tertiary/aromatic N) is 1. The van der Waals surface area contributed by atoms with Gasteiger partial charge < -0.3 is 5.32 Å². The summed E-state index contributed by atoms with van der Waals surface area (Å²) in [5.74, 6) is -0.747. The maximum atomic E-state index is 12.8. The second-order valence-electron chi connectivity index (χ2n) is 3.97. The zero-order valence-electron chi connectivity index (χ0n) is 10.4. The van der Waals surface area contributed by atoms with Crippen LogP contribution in [0.5, 0.6) is 0 Å². The number of thiophene rings is 1. The molecule has 1 aromatic heterocycles. The molecule has 0 fully saturated rings. The zero-order chi connectivity index (χ0) is 14.4. The van der Waals surface area contributed by atoms with Gasteiger partial charge in [-0.15, -0.1) is 11.3 Å². The van der Waals surface area contributed by atoms with Crippen LogP contribution in [0, 0.1) is 17.1 Å². The Balaban J connectivity index is 2.01. The number of nitriles is 1. The first kappa shape index (κ1) is 14.0. The fourth-order valence-electron chi connectivity index (χ4n) is 1.58. The van der Waals surface area contributed by atoms with Crippen molar-refractivity contribution < 1.29 is 9.18 Å². The van der Waals surface area contributed by atoms with E-state index in [4.69, 9.17) is 5.26 Å². The first-order valence-electron chi connectivity index (χ1n) is 5.86. The number of halogens is 1. The second kappa shape index (κ2) is 6.64. The van der Waals surface area contributed by atoms with Gasteiger partial charge in [-0.1, -0.05) is 18.2 Å². The second-order valence-corrected chi connectivity index (χ2v) is 4.95. The number of hydrogen-bond donors (Lipinski definition) is 1. The largest absolute Gasteiger partial charge is 0.333 e. The van der Waals surface area contributed by atoms with Gasteiger partial charge in [0.2, 0.25) is 5.91 Å². The van der Waals surface area contributed by atoms with Crippen molar-refractivity contribution in [3.8, 4) is 6.07 Å². The highest BCUT2D eigenvalue weighted by atomic mass is 32.1. The molecule has 3 nitrogen and oxygen atoms in total. The lowest BCUT2D eigenvalue weighted by Gasteiger charge is -2.10. The number of benzene rings is 1. The van der Waals surface area contributed by atoms with Crippen molar-refractivity contribution >= 4 is 23.3 Å². The van der Waals surface area contributed by atoms with Crippen LogP contribution in [0.1, 0.15) is 16.5 Å². The summed E-state index contributed by atoms with van der Waals surface area (Å²) in [6, 6.07) is 10.4. The number of carbonyl (C=O) groups is 1. The lowest BCUT2D eigenvalue weighted by molar-refractivity contribution is -0.116. The summed E-state index contributed by atoms with van der Waals surface area (Å²) in [4.78, 5) is 12.7. The first-order valence-corrected chi connectivity index (χ1v) is 6.74. The van der Waals surface area contributed by atoms with E-state index in [0.29, 0.717) is 5.56 Å². The highest BCUT2D eigenvalue weighted by Gasteiger charge is 2.12. The minimum atomic E-state index is -0.795. The minimum Gasteiger partial charge on any atom is -0.333 e. The zero-order valence-corrected chi connectivity index (χ0v) is 11.2. The quantitative estimate of drug-likeness (QED) is 0.877. The predicted molar refractivity (Wildman–Crippen MR) is 76.2 cm³/mol. The third kappa shape index (κ3) is 3.77. The number of rotatable bonds is 4. The Bertz CT molecular complexity index is 642. The van der Waals surface area contributed by atoms with Crippen LogP contribution in [0.3, 0.4) is 0 Å². The summed E-state index contributed by atoms with van der Waals surface area (Å²) in [6.45, 7) is 0. The molecule has 0 bridgehead atoms. The van der Waals surface area contributed by atoms with Crippen LogP contribution in [0.25, 0.3) is 6.08 Å². The van der Waals surface area contributed by atoms with Crippen molar-refractivity contribution in [1.29, 1.82) is 5.26 Å². The summed E-state index contributed by atoms with van der Waals surface area (Å²) in [6.07, 6.45) is 3.05. The van der Waals surface area contributed by atoms with Crippen molar-refractivity contribution in [3.05, 3.63) is 64.1 Å². The average molecular weight is 286 g/mol. The fraction of sp³-hybridized carbons (Fsp3) is 0.0667. The van der Waals surface area contributed by atoms with Gasteiger partial charge in [-0.3, -0.25) is 4.79 Å². The molecule has 0 aliphatic heterocycles. The molecule has 1 amide bonds. The summed E-state index contributed by atoms with van der Waals surface area (Å²) < 4.78 is 12.8. The molecule has 100 valence electrons. The van der Waals surface area contributed by atoms with E-state index >= 15 is 0 Å². The van der Waals surface area contributed by atoms with Gasteiger partial charge in [0.05, 0.1) is 6.07 Å². The van der Waals surface area contributed by atoms with Crippen molar-refractivity contribution in [2.24, 2.45) is 0 Å². The molecule has 1 heterocycles. The first-order chi connectivity index (χ1) is 9.69. The minimum absolute atomic E-state index is 0.366. The molecule has 1 atom stereocenters. The van der Waals surface area contributed by atoms with Gasteiger partial charge in [0.25, 0.3) is 0 Å². The maximum absolute atomic E-state index is 12.8. The summed E-state index contributed by atoms with van der Waals surface area (Å²) >= 11 is 1.51. The maximum Gasteiger partial charge on any atom is 0.245 e. The van der Waals surface area contributed by atoms with Crippen molar-refractivity contribution in [2.75, 3.05) is 0 Å². The molecule has 2 rings (SSSR count). The van der Waals surface area contributed by atoms with Gasteiger partial charge in [0.1, 0.15) is 11.9 Å². The standard InChI is InChI=1S/C15H11FN2OS/c16-12-5-3-11(4-6-12)14(10-17)18-15(19)8-7-13-2-1-9-20-13/h1-9,14H,(H,18,19)/b8-7+/t14-/m1/s1. The molecule has 0 unspecified atom stereocenters. The Morgan fingerprint density at radius 1 is 1.35 bits per heavy atom. The van der Waals surface area contributed by atoms with E-state index in [1.807, 2.05) is 23.6 Å². The summed E-state index contributed by atoms with van der Waals surface area (Å²) in [7, 11) is 0. The molecule has 0 saturated carbocycles. The highest BCUT2D eigenvalue weighted by molar-refractivity contribution is 7.10.